The smallest absolute Gasteiger partial charge is 0.230 e. The van der Waals surface area contributed by atoms with Crippen LogP contribution in [0.1, 0.15) is 51.3 Å². The zero-order chi connectivity index (χ0) is 17.3. The number of carbonyl (C=O) groups is 1. The summed E-state index contributed by atoms with van der Waals surface area (Å²) in [6.07, 6.45) is 4.00. The van der Waals surface area contributed by atoms with Gasteiger partial charge >= 0.3 is 0 Å². The summed E-state index contributed by atoms with van der Waals surface area (Å²) < 4.78 is 0. The molecule has 0 bridgehead atoms. The molecule has 0 radical (unpaired) electrons. The van der Waals surface area contributed by atoms with Crippen LogP contribution in [0.15, 0.2) is 0 Å². The first-order valence-electron chi connectivity index (χ1n) is 8.92. The van der Waals surface area contributed by atoms with Gasteiger partial charge in [-0.25, -0.2) is 0 Å². The summed E-state index contributed by atoms with van der Waals surface area (Å²) in [6, 6.07) is 0.286. The van der Waals surface area contributed by atoms with E-state index in [0.29, 0.717) is 5.95 Å². The number of rotatable bonds is 5. The van der Waals surface area contributed by atoms with E-state index >= 15 is 0 Å². The molecule has 1 N–H and O–H groups in total. The molecular formula is C17H28N6O. The number of aromatic nitrogens is 3. The number of carbonyl (C=O) groups excluding carboxylic acids is 1. The molecule has 1 aromatic heterocycles. The van der Waals surface area contributed by atoms with Crippen molar-refractivity contribution in [3.05, 3.63) is 5.82 Å². The Bertz CT molecular complexity index is 564. The molecule has 3 rings (SSSR count). The predicted octanol–water partition coefficient (Wildman–Crippen LogP) is 1.56. The maximum atomic E-state index is 11.9. The topological polar surface area (TPSA) is 74.2 Å². The van der Waals surface area contributed by atoms with Crippen LogP contribution in [0.4, 0.5) is 11.9 Å². The number of anilines is 2. The highest BCUT2D eigenvalue weighted by Crippen LogP contribution is 2.29. The van der Waals surface area contributed by atoms with Crippen LogP contribution in [-0.2, 0) is 4.79 Å². The molecule has 7 heteroatoms. The van der Waals surface area contributed by atoms with Gasteiger partial charge in [0.15, 0.2) is 0 Å². The van der Waals surface area contributed by atoms with Crippen LogP contribution in [0.3, 0.4) is 0 Å². The van der Waals surface area contributed by atoms with Gasteiger partial charge in [0, 0.05) is 45.1 Å². The van der Waals surface area contributed by atoms with Gasteiger partial charge in [0.05, 0.1) is 0 Å². The second-order valence-corrected chi connectivity index (χ2v) is 7.39. The maximum absolute atomic E-state index is 11.9. The molecule has 1 saturated carbocycles. The molecule has 0 spiro atoms. The van der Waals surface area contributed by atoms with Gasteiger partial charge < -0.3 is 15.1 Å². The Labute approximate surface area is 143 Å². The molecule has 24 heavy (non-hydrogen) atoms. The summed E-state index contributed by atoms with van der Waals surface area (Å²) >= 11 is 0. The van der Waals surface area contributed by atoms with Crippen molar-refractivity contribution < 1.29 is 4.79 Å². The van der Waals surface area contributed by atoms with E-state index in [1.807, 2.05) is 19.0 Å². The lowest BCUT2D eigenvalue weighted by Crippen LogP contribution is -2.45. The molecular weight excluding hydrogens is 304 g/mol. The van der Waals surface area contributed by atoms with E-state index < -0.39 is 0 Å². The van der Waals surface area contributed by atoms with Gasteiger partial charge in [0.2, 0.25) is 17.8 Å². The summed E-state index contributed by atoms with van der Waals surface area (Å²) in [6.45, 7) is 5.92. The molecule has 1 saturated heterocycles. The fourth-order valence-corrected chi connectivity index (χ4v) is 2.86. The van der Waals surface area contributed by atoms with Crippen molar-refractivity contribution in [3.8, 4) is 0 Å². The zero-order valence-electron chi connectivity index (χ0n) is 15.1. The van der Waals surface area contributed by atoms with Crippen LogP contribution in [0, 0.1) is 5.92 Å². The quantitative estimate of drug-likeness (QED) is 0.882. The van der Waals surface area contributed by atoms with E-state index in [4.69, 9.17) is 0 Å². The molecule has 0 aromatic carbocycles. The molecule has 2 heterocycles. The SMILES string of the molecule is CC(C)c1nc(N(C)C)nc(N2CCC(NC(=O)C3CC3)CC2)n1. The third-order valence-electron chi connectivity index (χ3n) is 4.62. The molecule has 7 nitrogen and oxygen atoms in total. The van der Waals surface area contributed by atoms with Crippen molar-refractivity contribution in [2.45, 2.75) is 51.5 Å². The first-order valence-corrected chi connectivity index (χ1v) is 8.92. The third kappa shape index (κ3) is 3.94. The van der Waals surface area contributed by atoms with Crippen LogP contribution in [0.2, 0.25) is 0 Å². The Morgan fingerprint density at radius 3 is 2.33 bits per heavy atom. The molecule has 2 aliphatic rings. The predicted molar refractivity (Wildman–Crippen MR) is 94.3 cm³/mol. The molecule has 1 amide bonds. The van der Waals surface area contributed by atoms with E-state index in [0.717, 1.165) is 50.5 Å². The lowest BCUT2D eigenvalue weighted by molar-refractivity contribution is -0.123. The first-order chi connectivity index (χ1) is 11.4. The summed E-state index contributed by atoms with van der Waals surface area (Å²) in [5.41, 5.74) is 0. The minimum Gasteiger partial charge on any atom is -0.353 e. The van der Waals surface area contributed by atoms with Crippen molar-refractivity contribution in [1.29, 1.82) is 0 Å². The van der Waals surface area contributed by atoms with Gasteiger partial charge in [0.1, 0.15) is 5.82 Å². The molecule has 2 fully saturated rings. The summed E-state index contributed by atoms with van der Waals surface area (Å²) in [4.78, 5) is 29.8. The van der Waals surface area contributed by atoms with Crippen molar-refractivity contribution in [3.63, 3.8) is 0 Å². The molecule has 1 aromatic rings. The van der Waals surface area contributed by atoms with E-state index in [2.05, 4.69) is 39.0 Å². The highest BCUT2D eigenvalue weighted by atomic mass is 16.2. The van der Waals surface area contributed by atoms with Crippen LogP contribution in [-0.4, -0.2) is 54.1 Å². The van der Waals surface area contributed by atoms with Crippen LogP contribution in [0.5, 0.6) is 0 Å². The number of piperidine rings is 1. The maximum Gasteiger partial charge on any atom is 0.230 e. The second kappa shape index (κ2) is 6.91. The summed E-state index contributed by atoms with van der Waals surface area (Å²) in [5, 5.41) is 3.19. The molecule has 0 atom stereocenters. The summed E-state index contributed by atoms with van der Waals surface area (Å²) in [7, 11) is 3.89. The Hall–Kier alpha value is -1.92. The molecule has 1 aliphatic carbocycles. The van der Waals surface area contributed by atoms with E-state index in [1.165, 1.54) is 0 Å². The lowest BCUT2D eigenvalue weighted by atomic mass is 10.1. The van der Waals surface area contributed by atoms with Gasteiger partial charge in [-0.3, -0.25) is 4.79 Å². The van der Waals surface area contributed by atoms with Crippen LogP contribution >= 0.6 is 0 Å². The summed E-state index contributed by atoms with van der Waals surface area (Å²) in [5.74, 6) is 3.07. The van der Waals surface area contributed by atoms with Gasteiger partial charge in [-0.1, -0.05) is 13.8 Å². The Morgan fingerprint density at radius 1 is 1.12 bits per heavy atom. The third-order valence-corrected chi connectivity index (χ3v) is 4.62. The molecule has 132 valence electrons. The van der Waals surface area contributed by atoms with Crippen LogP contribution in [0.25, 0.3) is 0 Å². The minimum atomic E-state index is 0.241. The van der Waals surface area contributed by atoms with Gasteiger partial charge in [-0.15, -0.1) is 0 Å². The number of nitrogens with zero attached hydrogens (tertiary/aromatic N) is 5. The van der Waals surface area contributed by atoms with Crippen LogP contribution < -0.4 is 15.1 Å². The number of hydrogen-bond acceptors (Lipinski definition) is 6. The van der Waals surface area contributed by atoms with E-state index in [-0.39, 0.29) is 23.8 Å². The number of nitrogens with one attached hydrogen (secondary N) is 1. The fraction of sp³-hybridized carbons (Fsp3) is 0.765. The Balaban J connectivity index is 1.65. The zero-order valence-corrected chi connectivity index (χ0v) is 15.1. The second-order valence-electron chi connectivity index (χ2n) is 7.39. The van der Waals surface area contributed by atoms with Gasteiger partial charge in [0.25, 0.3) is 0 Å². The molecule has 1 aliphatic heterocycles. The Morgan fingerprint density at radius 2 is 1.79 bits per heavy atom. The fourth-order valence-electron chi connectivity index (χ4n) is 2.86. The number of amides is 1. The van der Waals surface area contributed by atoms with Crippen molar-refractivity contribution in [2.24, 2.45) is 5.92 Å². The van der Waals surface area contributed by atoms with E-state index in [1.54, 1.807) is 0 Å². The van der Waals surface area contributed by atoms with Crippen molar-refractivity contribution >= 4 is 17.8 Å². The normalized spacial score (nSPS) is 18.8. The van der Waals surface area contributed by atoms with Gasteiger partial charge in [-0.2, -0.15) is 15.0 Å². The lowest BCUT2D eigenvalue weighted by Gasteiger charge is -2.33. The average molecular weight is 332 g/mol. The number of hydrogen-bond donors (Lipinski definition) is 1. The monoisotopic (exact) mass is 332 g/mol. The average Bonchev–Trinajstić information content (AvgIpc) is 3.40. The van der Waals surface area contributed by atoms with Crippen molar-refractivity contribution in [2.75, 3.05) is 37.0 Å². The first kappa shape index (κ1) is 16.9. The Kier molecular flexibility index (Phi) is 4.87. The largest absolute Gasteiger partial charge is 0.353 e. The standard InChI is InChI=1S/C17H28N6O/c1-11(2)14-19-16(22(3)4)21-17(20-14)23-9-7-13(8-10-23)18-15(24)12-5-6-12/h11-13H,5-10H2,1-4H3,(H,18,24). The highest BCUT2D eigenvalue weighted by Gasteiger charge is 2.32. The minimum absolute atomic E-state index is 0.241. The highest BCUT2D eigenvalue weighted by molar-refractivity contribution is 5.81. The van der Waals surface area contributed by atoms with E-state index in [9.17, 15) is 4.79 Å². The molecule has 0 unspecified atom stereocenters. The van der Waals surface area contributed by atoms with Gasteiger partial charge in [-0.05, 0) is 25.7 Å². The van der Waals surface area contributed by atoms with Crippen molar-refractivity contribution in [1.82, 2.24) is 20.3 Å².